The zero-order valence-corrected chi connectivity index (χ0v) is 39.9. The molecule has 0 fully saturated rings. The van der Waals surface area contributed by atoms with Crippen molar-refractivity contribution in [2.75, 3.05) is 4.90 Å². The summed E-state index contributed by atoms with van der Waals surface area (Å²) in [7, 11) is 0. The van der Waals surface area contributed by atoms with E-state index in [9.17, 15) is 0 Å². The van der Waals surface area contributed by atoms with Crippen LogP contribution in [0.25, 0.3) is 50.2 Å². The van der Waals surface area contributed by atoms with Gasteiger partial charge in [0.25, 0.3) is 0 Å². The Balaban J connectivity index is 1.18. The first-order valence-electron chi connectivity index (χ1n) is 24.6. The molecule has 0 radical (unpaired) electrons. The molecular weight excluding hydrogens is 787 g/mol. The van der Waals surface area contributed by atoms with Gasteiger partial charge >= 0.3 is 6.85 Å². The predicted octanol–water partition coefficient (Wildman–Crippen LogP) is 14.5. The van der Waals surface area contributed by atoms with E-state index in [0.717, 1.165) is 30.5 Å². The third-order valence-corrected chi connectivity index (χ3v) is 18.2. The van der Waals surface area contributed by atoms with Crippen LogP contribution in [0.4, 0.5) is 17.1 Å². The van der Waals surface area contributed by atoms with Crippen molar-refractivity contribution in [3.63, 3.8) is 0 Å². The third-order valence-electron chi connectivity index (χ3n) is 18.2. The minimum absolute atomic E-state index is 0.0425. The van der Waals surface area contributed by atoms with Gasteiger partial charge in [-0.1, -0.05) is 142 Å². The Morgan fingerprint density at radius 1 is 0.600 bits per heavy atom. The number of rotatable bonds is 1. The first-order chi connectivity index (χ1) is 31.0. The molecule has 5 aliphatic carbocycles. The van der Waals surface area contributed by atoms with Gasteiger partial charge in [0.2, 0.25) is 0 Å². The molecule has 4 heterocycles. The quantitative estimate of drug-likeness (QED) is 0.154. The lowest BCUT2D eigenvalue weighted by Crippen LogP contribution is -2.57. The van der Waals surface area contributed by atoms with Gasteiger partial charge in [0.1, 0.15) is 11.2 Å². The second kappa shape index (κ2) is 12.0. The van der Waals surface area contributed by atoms with Gasteiger partial charge in [-0.25, -0.2) is 0 Å². The molecule has 2 aromatic heterocycles. The summed E-state index contributed by atoms with van der Waals surface area (Å²) in [5.74, 6) is 0.347. The first-order valence-corrected chi connectivity index (χ1v) is 24.6. The third kappa shape index (κ3) is 4.74. The van der Waals surface area contributed by atoms with E-state index in [0.29, 0.717) is 5.92 Å². The number of benzene rings is 5. The molecular formula is C61H59BN2O. The molecule has 7 aromatic rings. The highest BCUT2D eigenvalue weighted by molar-refractivity contribution is 6.89. The molecule has 5 aromatic carbocycles. The van der Waals surface area contributed by atoms with E-state index in [-0.39, 0.29) is 33.9 Å². The van der Waals surface area contributed by atoms with Crippen LogP contribution in [-0.4, -0.2) is 11.3 Å². The minimum Gasteiger partial charge on any atom is -0.466 e. The Morgan fingerprint density at radius 2 is 1.29 bits per heavy atom. The normalized spacial score (nSPS) is 22.1. The molecule has 2 aliphatic heterocycles. The van der Waals surface area contributed by atoms with E-state index in [1.54, 1.807) is 0 Å². The number of aromatic nitrogens is 1. The highest BCUT2D eigenvalue weighted by Gasteiger charge is 2.52. The highest BCUT2D eigenvalue weighted by Crippen LogP contribution is 2.60. The number of fused-ring (bicyclic) bond motifs is 16. The second-order valence-electron chi connectivity index (χ2n) is 24.1. The van der Waals surface area contributed by atoms with Crippen LogP contribution >= 0.6 is 0 Å². The van der Waals surface area contributed by atoms with E-state index in [4.69, 9.17) is 4.42 Å². The summed E-state index contributed by atoms with van der Waals surface area (Å²) >= 11 is 0. The van der Waals surface area contributed by atoms with Crippen LogP contribution in [0.1, 0.15) is 140 Å². The van der Waals surface area contributed by atoms with E-state index in [1.165, 1.54) is 124 Å². The summed E-state index contributed by atoms with van der Waals surface area (Å²) in [5, 5.41) is 2.58. The van der Waals surface area contributed by atoms with Gasteiger partial charge in [-0.05, 0) is 146 Å². The van der Waals surface area contributed by atoms with Crippen LogP contribution in [0, 0.1) is 5.92 Å². The number of hydrogen-bond acceptors (Lipinski definition) is 2. The summed E-state index contributed by atoms with van der Waals surface area (Å²) in [5.41, 5.74) is 27.0. The molecule has 1 unspecified atom stereocenters. The van der Waals surface area contributed by atoms with Crippen LogP contribution < -0.4 is 16.0 Å². The van der Waals surface area contributed by atoms with Crippen LogP contribution in [-0.2, 0) is 33.5 Å². The molecule has 0 amide bonds. The molecule has 3 nitrogen and oxygen atoms in total. The molecule has 4 heteroatoms. The Labute approximate surface area is 385 Å². The fourth-order valence-corrected chi connectivity index (χ4v) is 14.2. The number of hydrogen-bond donors (Lipinski definition) is 0. The monoisotopic (exact) mass is 846 g/mol. The molecule has 0 saturated heterocycles. The Kier molecular flexibility index (Phi) is 7.10. The molecule has 65 heavy (non-hydrogen) atoms. The summed E-state index contributed by atoms with van der Waals surface area (Å²) in [6.45, 7) is 24.4. The lowest BCUT2D eigenvalue weighted by atomic mass is 9.47. The average molecular weight is 847 g/mol. The lowest BCUT2D eigenvalue weighted by Gasteiger charge is -2.44. The zero-order chi connectivity index (χ0) is 44.5. The summed E-state index contributed by atoms with van der Waals surface area (Å²) in [6, 6.07) is 31.7. The van der Waals surface area contributed by atoms with Crippen molar-refractivity contribution in [1.29, 1.82) is 0 Å². The van der Waals surface area contributed by atoms with Crippen molar-refractivity contribution in [1.82, 2.24) is 4.48 Å². The summed E-state index contributed by atoms with van der Waals surface area (Å²) in [6.07, 6.45) is 17.4. The number of para-hydroxylation sites is 1. The van der Waals surface area contributed by atoms with E-state index >= 15 is 0 Å². The van der Waals surface area contributed by atoms with Crippen LogP contribution in [0.15, 0.2) is 113 Å². The number of furan rings is 1. The van der Waals surface area contributed by atoms with Gasteiger partial charge in [0, 0.05) is 55.7 Å². The van der Waals surface area contributed by atoms with E-state index < -0.39 is 0 Å². The van der Waals surface area contributed by atoms with Crippen molar-refractivity contribution in [3.05, 3.63) is 153 Å². The predicted molar refractivity (Wildman–Crippen MR) is 274 cm³/mol. The number of nitrogens with zero attached hydrogens (tertiary/aromatic N) is 2. The van der Waals surface area contributed by atoms with Crippen molar-refractivity contribution in [3.8, 4) is 22.3 Å². The molecule has 14 rings (SSSR count). The largest absolute Gasteiger partial charge is 0.466 e. The standard InChI is InChI=1S/C61H59BN2O/c1-57(2)24-25-58(3,4)45-30-36(22-23-44(45)57)63-54-42-32-46-47(60(7,8)27-26-59(46,5)6)33-50(42)65-56(54)62-52-41(31-48-51(55(52)63)39-18-13-14-21-43(39)61(48,9)10)38-20-15-19-37-40-28-34-16-11-12-17-35(34)29-49(40)64(62)53(37)38/h11-23,28,30-33,35H,24-27,29H2,1-10H3. The maximum atomic E-state index is 7.75. The van der Waals surface area contributed by atoms with Gasteiger partial charge < -0.3 is 13.8 Å². The maximum absolute atomic E-state index is 7.75. The van der Waals surface area contributed by atoms with Gasteiger partial charge in [0.05, 0.1) is 11.4 Å². The molecule has 1 atom stereocenters. The van der Waals surface area contributed by atoms with Crippen molar-refractivity contribution < 1.29 is 4.42 Å². The topological polar surface area (TPSA) is 21.3 Å². The Bertz CT molecular complexity index is 3460. The van der Waals surface area contributed by atoms with Crippen molar-refractivity contribution in [2.24, 2.45) is 5.92 Å². The lowest BCUT2D eigenvalue weighted by molar-refractivity contribution is 0.332. The smallest absolute Gasteiger partial charge is 0.375 e. The van der Waals surface area contributed by atoms with E-state index in [1.807, 2.05) is 0 Å². The average Bonchev–Trinajstić information content (AvgIpc) is 3.89. The molecule has 0 bridgehead atoms. The SMILES string of the molecule is CC1(C)CCC(C)(C)c2cc(N3c4c5c(cc6c4-c4ccccc4C6(C)C)-c4cccc6c7c(n(c46)B5c4oc5cc6c(cc5c43)C(C)(C)CCC6(C)C)CC3C=CC=CC3=C7)ccc21. The molecule has 7 aliphatic rings. The summed E-state index contributed by atoms with van der Waals surface area (Å²) in [4.78, 5) is 2.73. The first kappa shape index (κ1) is 38.5. The van der Waals surface area contributed by atoms with Crippen LogP contribution in [0.3, 0.4) is 0 Å². The highest BCUT2D eigenvalue weighted by atomic mass is 16.3. The number of anilines is 3. The van der Waals surface area contributed by atoms with Crippen LogP contribution in [0.2, 0.25) is 0 Å². The van der Waals surface area contributed by atoms with Crippen molar-refractivity contribution in [2.45, 2.75) is 128 Å². The van der Waals surface area contributed by atoms with Gasteiger partial charge in [-0.3, -0.25) is 0 Å². The van der Waals surface area contributed by atoms with Crippen molar-refractivity contribution >= 4 is 63.0 Å². The summed E-state index contributed by atoms with van der Waals surface area (Å²) < 4.78 is 10.5. The van der Waals surface area contributed by atoms with Gasteiger partial charge in [0.15, 0.2) is 0 Å². The Morgan fingerprint density at radius 3 is 2.06 bits per heavy atom. The maximum Gasteiger partial charge on any atom is 0.375 e. The molecule has 0 spiro atoms. The Hall–Kier alpha value is -5.74. The number of allylic oxidation sites excluding steroid dienone is 5. The molecule has 0 N–H and O–H groups in total. The zero-order valence-electron chi connectivity index (χ0n) is 39.9. The van der Waals surface area contributed by atoms with Crippen LogP contribution in [0.5, 0.6) is 0 Å². The fraction of sp³-hybridized carbons (Fsp3) is 0.344. The molecule has 0 saturated carbocycles. The van der Waals surface area contributed by atoms with Gasteiger partial charge in [-0.15, -0.1) is 0 Å². The second-order valence-corrected chi connectivity index (χ2v) is 24.1. The molecule has 322 valence electrons. The van der Waals surface area contributed by atoms with E-state index in [2.05, 4.69) is 188 Å². The fourth-order valence-electron chi connectivity index (χ4n) is 14.2. The van der Waals surface area contributed by atoms with Gasteiger partial charge in [-0.2, -0.15) is 0 Å². The minimum atomic E-state index is -0.195.